The predicted molar refractivity (Wildman–Crippen MR) is 144 cm³/mol. The Morgan fingerprint density at radius 2 is 1.42 bits per heavy atom. The van der Waals surface area contributed by atoms with Crippen LogP contribution >= 0.6 is 0 Å². The highest BCUT2D eigenvalue weighted by molar-refractivity contribution is 5.73. The zero-order chi connectivity index (χ0) is 32.0. The third kappa shape index (κ3) is 13.9. The van der Waals surface area contributed by atoms with Crippen molar-refractivity contribution in [2.45, 2.75) is 45.1 Å². The van der Waals surface area contributed by atoms with Gasteiger partial charge < -0.3 is 20.3 Å². The second kappa shape index (κ2) is 16.3. The zero-order valence-corrected chi connectivity index (χ0v) is 23.0. The van der Waals surface area contributed by atoms with E-state index in [9.17, 15) is 26.3 Å². The van der Waals surface area contributed by atoms with Gasteiger partial charge in [-0.2, -0.15) is 31.3 Å². The van der Waals surface area contributed by atoms with E-state index in [-0.39, 0.29) is 0 Å². The molecule has 9 nitrogen and oxygen atoms in total. The molecule has 1 saturated heterocycles. The van der Waals surface area contributed by atoms with Crippen molar-refractivity contribution < 1.29 is 50.9 Å². The average molecular weight is 617 g/mol. The number of hydrogen-bond donors (Lipinski definition) is 3. The fraction of sp³-hybridized carbons (Fsp3) is 0.357. The van der Waals surface area contributed by atoms with Crippen LogP contribution in [0.3, 0.4) is 0 Å². The highest BCUT2D eigenvalue weighted by Crippen LogP contribution is 2.23. The zero-order valence-electron chi connectivity index (χ0n) is 23.0. The van der Waals surface area contributed by atoms with Crippen LogP contribution in [0.2, 0.25) is 0 Å². The molecule has 1 aliphatic rings. The first-order valence-electron chi connectivity index (χ1n) is 12.9. The summed E-state index contributed by atoms with van der Waals surface area (Å²) in [5.41, 5.74) is 3.45. The van der Waals surface area contributed by atoms with Crippen LogP contribution in [-0.2, 0) is 22.6 Å². The van der Waals surface area contributed by atoms with Crippen molar-refractivity contribution in [2.75, 3.05) is 25.0 Å². The number of alkyl halides is 6. The Kier molecular flexibility index (Phi) is 13.2. The van der Waals surface area contributed by atoms with Gasteiger partial charge in [0.25, 0.3) is 0 Å². The van der Waals surface area contributed by atoms with Crippen molar-refractivity contribution in [1.29, 1.82) is 0 Å². The van der Waals surface area contributed by atoms with Crippen LogP contribution in [0.5, 0.6) is 11.6 Å². The molecule has 234 valence electrons. The first-order chi connectivity index (χ1) is 20.1. The summed E-state index contributed by atoms with van der Waals surface area (Å²) < 4.78 is 69.5. The summed E-state index contributed by atoms with van der Waals surface area (Å²) in [7, 11) is 0. The lowest BCUT2D eigenvalue weighted by molar-refractivity contribution is -0.193. The van der Waals surface area contributed by atoms with Gasteiger partial charge in [0.15, 0.2) is 0 Å². The summed E-state index contributed by atoms with van der Waals surface area (Å²) in [6.45, 7) is 6.09. The molecule has 3 N–H and O–H groups in total. The normalized spacial score (nSPS) is 13.2. The molecule has 1 aromatic heterocycles. The van der Waals surface area contributed by atoms with Crippen LogP contribution < -0.4 is 10.1 Å². The minimum absolute atomic E-state index is 0.568. The van der Waals surface area contributed by atoms with E-state index in [1.807, 2.05) is 31.2 Å². The highest BCUT2D eigenvalue weighted by Gasteiger charge is 2.38. The second-order valence-electron chi connectivity index (χ2n) is 9.17. The summed E-state index contributed by atoms with van der Waals surface area (Å²) in [5, 5.41) is 17.6. The van der Waals surface area contributed by atoms with E-state index in [2.05, 4.69) is 56.6 Å². The van der Waals surface area contributed by atoms with E-state index in [1.54, 1.807) is 0 Å². The number of benzene rings is 2. The van der Waals surface area contributed by atoms with Gasteiger partial charge in [0, 0.05) is 24.8 Å². The Balaban J connectivity index is 0.000000384. The maximum atomic E-state index is 10.6. The molecule has 2 aromatic carbocycles. The number of carboxylic acid groups (broad SMARTS) is 2. The van der Waals surface area contributed by atoms with E-state index < -0.39 is 24.3 Å². The Morgan fingerprint density at radius 3 is 1.98 bits per heavy atom. The Bertz CT molecular complexity index is 1290. The quantitative estimate of drug-likeness (QED) is 0.258. The minimum Gasteiger partial charge on any atom is -0.475 e. The number of ether oxygens (including phenoxy) is 1. The van der Waals surface area contributed by atoms with Gasteiger partial charge in [-0.25, -0.2) is 14.6 Å². The van der Waals surface area contributed by atoms with Gasteiger partial charge in [-0.05, 0) is 62.5 Å². The van der Waals surface area contributed by atoms with E-state index in [0.717, 1.165) is 31.0 Å². The number of rotatable bonds is 8. The summed E-state index contributed by atoms with van der Waals surface area (Å²) >= 11 is 0. The third-order valence-electron chi connectivity index (χ3n) is 5.58. The molecule has 0 atom stereocenters. The van der Waals surface area contributed by atoms with E-state index in [4.69, 9.17) is 24.5 Å². The van der Waals surface area contributed by atoms with Crippen LogP contribution in [0.15, 0.2) is 60.7 Å². The SMILES string of the molecule is Cc1cc(Oc2cccc(CN3CCCC3)c2)nc(NCCc2ccccc2)n1.O=C(O)C(F)(F)F.O=C(O)C(F)(F)F. The van der Waals surface area contributed by atoms with Gasteiger partial charge in [-0.3, -0.25) is 4.90 Å². The van der Waals surface area contributed by atoms with Gasteiger partial charge in [0.2, 0.25) is 11.8 Å². The number of aryl methyl sites for hydroxylation is 1. The first kappa shape index (κ1) is 34.8. The molecule has 43 heavy (non-hydrogen) atoms. The summed E-state index contributed by atoms with van der Waals surface area (Å²) in [4.78, 5) is 29.3. The summed E-state index contributed by atoms with van der Waals surface area (Å²) in [5.74, 6) is -3.53. The lowest BCUT2D eigenvalue weighted by Gasteiger charge is -2.15. The van der Waals surface area contributed by atoms with E-state index in [0.29, 0.717) is 11.8 Å². The first-order valence-corrected chi connectivity index (χ1v) is 12.9. The molecule has 2 heterocycles. The number of anilines is 1. The molecule has 1 aliphatic heterocycles. The Labute approximate surface area is 243 Å². The molecule has 4 rings (SSSR count). The molecular weight excluding hydrogens is 586 g/mol. The lowest BCUT2D eigenvalue weighted by Crippen LogP contribution is -2.21. The fourth-order valence-electron chi connectivity index (χ4n) is 3.66. The summed E-state index contributed by atoms with van der Waals surface area (Å²) in [6.07, 6.45) is -6.64. The summed E-state index contributed by atoms with van der Waals surface area (Å²) in [6, 6.07) is 20.6. The molecular formula is C28H30F6N4O5. The van der Waals surface area contributed by atoms with Crippen LogP contribution in [-0.4, -0.2) is 69.0 Å². The van der Waals surface area contributed by atoms with Crippen molar-refractivity contribution in [3.63, 3.8) is 0 Å². The number of aliphatic carboxylic acids is 2. The monoisotopic (exact) mass is 616 g/mol. The second-order valence-corrected chi connectivity index (χ2v) is 9.17. The van der Waals surface area contributed by atoms with Gasteiger partial charge in [-0.15, -0.1) is 0 Å². The molecule has 0 spiro atoms. The maximum Gasteiger partial charge on any atom is 0.490 e. The Morgan fingerprint density at radius 1 is 0.860 bits per heavy atom. The molecule has 0 saturated carbocycles. The largest absolute Gasteiger partial charge is 0.490 e. The number of likely N-dealkylation sites (tertiary alicyclic amines) is 1. The average Bonchev–Trinajstić information content (AvgIpc) is 3.42. The van der Waals surface area contributed by atoms with Crippen molar-refractivity contribution >= 4 is 17.9 Å². The van der Waals surface area contributed by atoms with Crippen molar-refractivity contribution in [3.8, 4) is 11.6 Å². The van der Waals surface area contributed by atoms with Gasteiger partial charge in [0.1, 0.15) is 5.75 Å². The minimum atomic E-state index is -5.08. The van der Waals surface area contributed by atoms with Crippen LogP contribution in [0.1, 0.15) is 29.7 Å². The number of hydrogen-bond acceptors (Lipinski definition) is 7. The lowest BCUT2D eigenvalue weighted by atomic mass is 10.1. The van der Waals surface area contributed by atoms with E-state index in [1.165, 1.54) is 37.1 Å². The Hall–Kier alpha value is -4.40. The highest BCUT2D eigenvalue weighted by atomic mass is 19.4. The molecule has 0 aliphatic carbocycles. The predicted octanol–water partition coefficient (Wildman–Crippen LogP) is 6.09. The van der Waals surface area contributed by atoms with Crippen molar-refractivity contribution in [2.24, 2.45) is 0 Å². The topological polar surface area (TPSA) is 125 Å². The molecule has 0 bridgehead atoms. The fourth-order valence-corrected chi connectivity index (χ4v) is 3.66. The number of carbonyl (C=O) groups is 2. The standard InChI is InChI=1S/C24H28N4O.2C2HF3O2/c1-19-16-23(27-24(26-19)25-13-12-20-8-3-2-4-9-20)29-22-11-7-10-21(17-22)18-28-14-5-6-15-28;2*3-2(4,5)1(6)7/h2-4,7-11,16-17H,5-6,12-15,18H2,1H3,(H,25,26,27);2*(H,6,7). The number of halogens is 6. The number of nitrogens with one attached hydrogen (secondary N) is 1. The van der Waals surface area contributed by atoms with Gasteiger partial charge in [-0.1, -0.05) is 42.5 Å². The van der Waals surface area contributed by atoms with Crippen LogP contribution in [0, 0.1) is 6.92 Å². The van der Waals surface area contributed by atoms with Crippen LogP contribution in [0.4, 0.5) is 32.3 Å². The number of aromatic nitrogens is 2. The molecule has 0 amide bonds. The number of nitrogens with zero attached hydrogens (tertiary/aromatic N) is 3. The van der Waals surface area contributed by atoms with Crippen molar-refractivity contribution in [1.82, 2.24) is 14.9 Å². The van der Waals surface area contributed by atoms with Gasteiger partial charge >= 0.3 is 24.3 Å². The molecule has 15 heteroatoms. The van der Waals surface area contributed by atoms with Crippen LogP contribution in [0.25, 0.3) is 0 Å². The number of carboxylic acids is 2. The molecule has 1 fully saturated rings. The maximum absolute atomic E-state index is 10.6. The molecule has 3 aromatic rings. The smallest absolute Gasteiger partial charge is 0.475 e. The molecule has 0 unspecified atom stereocenters. The van der Waals surface area contributed by atoms with Gasteiger partial charge in [0.05, 0.1) is 0 Å². The van der Waals surface area contributed by atoms with E-state index >= 15 is 0 Å². The van der Waals surface area contributed by atoms with Crippen molar-refractivity contribution in [3.05, 3.63) is 77.5 Å². The third-order valence-corrected chi connectivity index (χ3v) is 5.58. The molecule has 0 radical (unpaired) electrons.